The van der Waals surface area contributed by atoms with E-state index in [-0.39, 0.29) is 29.5 Å². The molecule has 0 aliphatic heterocycles. The first-order valence-electron chi connectivity index (χ1n) is 11.6. The molecule has 0 radical (unpaired) electrons. The Balaban J connectivity index is 1.75. The Labute approximate surface area is 211 Å². The highest BCUT2D eigenvalue weighted by molar-refractivity contribution is 7.99. The van der Waals surface area contributed by atoms with E-state index < -0.39 is 0 Å². The van der Waals surface area contributed by atoms with Gasteiger partial charge >= 0.3 is 0 Å². The van der Waals surface area contributed by atoms with Gasteiger partial charge in [-0.05, 0) is 50.5 Å². The number of carbonyl (C=O) groups is 2. The van der Waals surface area contributed by atoms with Crippen molar-refractivity contribution in [1.82, 2.24) is 20.1 Å². The van der Waals surface area contributed by atoms with Crippen LogP contribution in [-0.2, 0) is 11.3 Å². The fourth-order valence-electron chi connectivity index (χ4n) is 3.75. The van der Waals surface area contributed by atoms with Crippen molar-refractivity contribution in [3.63, 3.8) is 0 Å². The summed E-state index contributed by atoms with van der Waals surface area (Å²) in [7, 11) is 0. The van der Waals surface area contributed by atoms with E-state index >= 15 is 0 Å². The van der Waals surface area contributed by atoms with Gasteiger partial charge in [-0.2, -0.15) is 0 Å². The molecule has 3 aromatic rings. The molecule has 3 rings (SSSR count). The Kier molecular flexibility index (Phi) is 8.87. The van der Waals surface area contributed by atoms with Crippen LogP contribution in [0.25, 0.3) is 0 Å². The standard InChI is InChI=1S/C27H33N5O2S/c1-7-13-32-25(24(17(2)3)29-26(34)21-10-8-9-18(4)15-21)30-31-27(32)35-16-23(33)28-22-12-11-19(5)14-20(22)6/h7-12,14-15,17,24H,1,13,16H2,2-6H3,(H,28,33)(H,29,34)/t24-/m1/s1. The lowest BCUT2D eigenvalue weighted by molar-refractivity contribution is -0.113. The third-order valence-electron chi connectivity index (χ3n) is 5.56. The normalized spacial score (nSPS) is 11.8. The molecule has 0 saturated carbocycles. The monoisotopic (exact) mass is 491 g/mol. The molecule has 1 heterocycles. The first kappa shape index (κ1) is 26.2. The Morgan fingerprint density at radius 2 is 1.83 bits per heavy atom. The van der Waals surface area contributed by atoms with Crippen LogP contribution in [0, 0.1) is 26.7 Å². The highest BCUT2D eigenvalue weighted by Gasteiger charge is 2.26. The number of rotatable bonds is 10. The zero-order chi connectivity index (χ0) is 25.5. The van der Waals surface area contributed by atoms with E-state index in [1.54, 1.807) is 12.1 Å². The zero-order valence-electron chi connectivity index (χ0n) is 21.0. The molecule has 0 aliphatic rings. The van der Waals surface area contributed by atoms with E-state index in [4.69, 9.17) is 0 Å². The van der Waals surface area contributed by atoms with E-state index in [9.17, 15) is 9.59 Å². The average molecular weight is 492 g/mol. The third kappa shape index (κ3) is 6.82. The minimum atomic E-state index is -0.353. The number of thioether (sulfide) groups is 1. The van der Waals surface area contributed by atoms with Crippen molar-refractivity contribution in [3.8, 4) is 0 Å². The molecule has 8 heteroatoms. The van der Waals surface area contributed by atoms with Crippen molar-refractivity contribution in [2.24, 2.45) is 5.92 Å². The smallest absolute Gasteiger partial charge is 0.251 e. The van der Waals surface area contributed by atoms with Crippen molar-refractivity contribution >= 4 is 29.3 Å². The van der Waals surface area contributed by atoms with Crippen molar-refractivity contribution in [1.29, 1.82) is 0 Å². The Morgan fingerprint density at radius 3 is 2.49 bits per heavy atom. The highest BCUT2D eigenvalue weighted by Crippen LogP contribution is 2.26. The fourth-order valence-corrected chi connectivity index (χ4v) is 4.50. The lowest BCUT2D eigenvalue weighted by Crippen LogP contribution is -2.34. The number of benzene rings is 2. The van der Waals surface area contributed by atoms with E-state index in [1.165, 1.54) is 11.8 Å². The number of aromatic nitrogens is 3. The lowest BCUT2D eigenvalue weighted by atomic mass is 10.0. The second kappa shape index (κ2) is 11.8. The first-order valence-corrected chi connectivity index (χ1v) is 12.6. The molecule has 2 amide bonds. The molecule has 35 heavy (non-hydrogen) atoms. The van der Waals surface area contributed by atoms with Crippen LogP contribution in [0.2, 0.25) is 0 Å². The maximum atomic E-state index is 13.0. The third-order valence-corrected chi connectivity index (χ3v) is 6.52. The van der Waals surface area contributed by atoms with E-state index in [2.05, 4.69) is 27.4 Å². The van der Waals surface area contributed by atoms with Gasteiger partial charge in [0.25, 0.3) is 5.91 Å². The summed E-state index contributed by atoms with van der Waals surface area (Å²) in [5.41, 5.74) is 4.58. The van der Waals surface area contributed by atoms with E-state index in [0.717, 1.165) is 22.4 Å². The minimum Gasteiger partial charge on any atom is -0.342 e. The van der Waals surface area contributed by atoms with Gasteiger partial charge < -0.3 is 15.2 Å². The number of amides is 2. The van der Waals surface area contributed by atoms with Gasteiger partial charge in [-0.3, -0.25) is 9.59 Å². The Morgan fingerprint density at radius 1 is 1.09 bits per heavy atom. The maximum Gasteiger partial charge on any atom is 0.251 e. The van der Waals surface area contributed by atoms with Gasteiger partial charge in [0.05, 0.1) is 11.8 Å². The number of carbonyl (C=O) groups excluding carboxylic acids is 2. The van der Waals surface area contributed by atoms with Gasteiger partial charge in [-0.25, -0.2) is 0 Å². The van der Waals surface area contributed by atoms with Gasteiger partial charge in [-0.15, -0.1) is 16.8 Å². The van der Waals surface area contributed by atoms with Gasteiger partial charge in [0.2, 0.25) is 5.91 Å². The number of aryl methyl sites for hydroxylation is 3. The zero-order valence-corrected chi connectivity index (χ0v) is 21.8. The van der Waals surface area contributed by atoms with E-state index in [1.807, 2.05) is 75.6 Å². The summed E-state index contributed by atoms with van der Waals surface area (Å²) in [6.45, 7) is 14.3. The predicted molar refractivity (Wildman–Crippen MR) is 142 cm³/mol. The number of nitrogens with one attached hydrogen (secondary N) is 2. The highest BCUT2D eigenvalue weighted by atomic mass is 32.2. The first-order chi connectivity index (χ1) is 16.7. The minimum absolute atomic E-state index is 0.0715. The SMILES string of the molecule is C=CCn1c(SCC(=O)Nc2ccc(C)cc2C)nnc1[C@H](NC(=O)c1cccc(C)c1)C(C)C. The number of anilines is 1. The van der Waals surface area contributed by atoms with Gasteiger partial charge in [0, 0.05) is 17.8 Å². The number of hydrogen-bond donors (Lipinski definition) is 2. The molecule has 0 fully saturated rings. The van der Waals surface area contributed by atoms with Crippen LogP contribution in [0.4, 0.5) is 5.69 Å². The maximum absolute atomic E-state index is 13.0. The average Bonchev–Trinajstić information content (AvgIpc) is 3.20. The van der Waals surface area contributed by atoms with Gasteiger partial charge in [0.15, 0.2) is 11.0 Å². The van der Waals surface area contributed by atoms with Gasteiger partial charge in [-0.1, -0.05) is 67.1 Å². The molecule has 1 atom stereocenters. The Hall–Kier alpha value is -3.39. The summed E-state index contributed by atoms with van der Waals surface area (Å²) in [6.07, 6.45) is 1.76. The second-order valence-corrected chi connectivity index (χ2v) is 9.90. The molecule has 0 spiro atoms. The molecule has 0 bridgehead atoms. The summed E-state index contributed by atoms with van der Waals surface area (Å²) >= 11 is 1.31. The van der Waals surface area contributed by atoms with Crippen LogP contribution in [0.1, 0.15) is 52.8 Å². The van der Waals surface area contributed by atoms with Crippen LogP contribution in [0.15, 0.2) is 60.3 Å². The molecular weight excluding hydrogens is 458 g/mol. The van der Waals surface area contributed by atoms with Crippen molar-refractivity contribution in [2.75, 3.05) is 11.1 Å². The lowest BCUT2D eigenvalue weighted by Gasteiger charge is -2.22. The summed E-state index contributed by atoms with van der Waals surface area (Å²) in [5, 5.41) is 15.4. The molecule has 7 nitrogen and oxygen atoms in total. The van der Waals surface area contributed by atoms with E-state index in [0.29, 0.717) is 23.1 Å². The summed E-state index contributed by atoms with van der Waals surface area (Å²) in [4.78, 5) is 25.6. The summed E-state index contributed by atoms with van der Waals surface area (Å²) in [5.74, 6) is 0.609. The number of allylic oxidation sites excluding steroid dienone is 1. The molecule has 2 aromatic carbocycles. The van der Waals surface area contributed by atoms with Crippen LogP contribution in [-0.4, -0.2) is 32.3 Å². The van der Waals surface area contributed by atoms with Crippen LogP contribution in [0.5, 0.6) is 0 Å². The molecular formula is C27H33N5O2S. The quantitative estimate of drug-likeness (QED) is 0.299. The van der Waals surface area contributed by atoms with Crippen molar-refractivity contribution < 1.29 is 9.59 Å². The predicted octanol–water partition coefficient (Wildman–Crippen LogP) is 5.25. The summed E-state index contributed by atoms with van der Waals surface area (Å²) < 4.78 is 1.91. The summed E-state index contributed by atoms with van der Waals surface area (Å²) in [6, 6.07) is 13.0. The van der Waals surface area contributed by atoms with Gasteiger partial charge in [0.1, 0.15) is 0 Å². The molecule has 184 valence electrons. The van der Waals surface area contributed by atoms with Crippen molar-refractivity contribution in [3.05, 3.63) is 83.2 Å². The van der Waals surface area contributed by atoms with Crippen LogP contribution < -0.4 is 10.6 Å². The molecule has 0 unspecified atom stereocenters. The van der Waals surface area contributed by atoms with Crippen molar-refractivity contribution in [2.45, 2.75) is 52.4 Å². The van der Waals surface area contributed by atoms with Crippen LogP contribution >= 0.6 is 11.8 Å². The Bertz CT molecular complexity index is 1220. The number of hydrogen-bond acceptors (Lipinski definition) is 5. The topological polar surface area (TPSA) is 88.9 Å². The molecule has 2 N–H and O–H groups in total. The largest absolute Gasteiger partial charge is 0.342 e. The number of nitrogens with zero attached hydrogens (tertiary/aromatic N) is 3. The molecule has 1 aromatic heterocycles. The van der Waals surface area contributed by atoms with Crippen LogP contribution in [0.3, 0.4) is 0 Å². The second-order valence-electron chi connectivity index (χ2n) is 8.96. The molecule has 0 aliphatic carbocycles. The fraction of sp³-hybridized carbons (Fsp3) is 0.333. The molecule has 0 saturated heterocycles.